The van der Waals surface area contributed by atoms with E-state index in [0.717, 1.165) is 54.7 Å². The third kappa shape index (κ3) is 5.32. The maximum atomic E-state index is 12.1. The van der Waals surface area contributed by atoms with Gasteiger partial charge in [0.1, 0.15) is 5.75 Å². The highest BCUT2D eigenvalue weighted by molar-refractivity contribution is 5.73. The molecule has 0 spiro atoms. The van der Waals surface area contributed by atoms with Crippen molar-refractivity contribution in [1.82, 2.24) is 20.4 Å². The Morgan fingerprint density at radius 1 is 1.15 bits per heavy atom. The smallest absolute Gasteiger partial charge is 0.314 e. The third-order valence-corrected chi connectivity index (χ3v) is 4.74. The van der Waals surface area contributed by atoms with Crippen LogP contribution in [0.4, 0.5) is 4.79 Å². The van der Waals surface area contributed by atoms with Crippen LogP contribution in [0.5, 0.6) is 5.75 Å². The molecular weight excluding hydrogens is 344 g/mol. The number of hydrogen-bond donors (Lipinski definition) is 2. The molecule has 27 heavy (non-hydrogen) atoms. The SMILES string of the molecule is COc1ccc(CCNC(=O)NCCn2nc3c(cc2=O)CCCC3)cc1. The van der Waals surface area contributed by atoms with Crippen LogP contribution in [0.2, 0.25) is 0 Å². The van der Waals surface area contributed by atoms with Gasteiger partial charge in [0.25, 0.3) is 5.56 Å². The minimum absolute atomic E-state index is 0.0997. The number of nitrogens with one attached hydrogen (secondary N) is 2. The molecule has 1 aliphatic carbocycles. The van der Waals surface area contributed by atoms with E-state index in [9.17, 15) is 9.59 Å². The number of rotatable bonds is 7. The predicted octanol–water partition coefficient (Wildman–Crippen LogP) is 1.67. The molecule has 0 aliphatic heterocycles. The first-order valence-electron chi connectivity index (χ1n) is 9.40. The van der Waals surface area contributed by atoms with Gasteiger partial charge < -0.3 is 15.4 Å². The van der Waals surface area contributed by atoms with Gasteiger partial charge in [0.2, 0.25) is 0 Å². The number of fused-ring (bicyclic) bond motifs is 1. The van der Waals surface area contributed by atoms with E-state index in [4.69, 9.17) is 4.74 Å². The predicted molar refractivity (Wildman–Crippen MR) is 103 cm³/mol. The Kier molecular flexibility index (Phi) is 6.46. The summed E-state index contributed by atoms with van der Waals surface area (Å²) in [5, 5.41) is 10.0. The fourth-order valence-corrected chi connectivity index (χ4v) is 3.21. The van der Waals surface area contributed by atoms with E-state index in [2.05, 4.69) is 15.7 Å². The number of benzene rings is 1. The number of ether oxygens (including phenoxy) is 1. The van der Waals surface area contributed by atoms with Crippen LogP contribution in [0, 0.1) is 0 Å². The van der Waals surface area contributed by atoms with E-state index in [1.165, 1.54) is 4.68 Å². The number of carbonyl (C=O) groups is 1. The highest BCUT2D eigenvalue weighted by Crippen LogP contribution is 2.16. The number of aromatic nitrogens is 2. The van der Waals surface area contributed by atoms with Crippen LogP contribution in [0.15, 0.2) is 35.1 Å². The molecule has 7 nitrogen and oxygen atoms in total. The van der Waals surface area contributed by atoms with Crippen molar-refractivity contribution in [2.75, 3.05) is 20.2 Å². The summed E-state index contributed by atoms with van der Waals surface area (Å²) in [6, 6.07) is 9.21. The number of methoxy groups -OCH3 is 1. The molecule has 0 radical (unpaired) electrons. The standard InChI is InChI=1S/C20H26N4O3/c1-27-17-8-6-15(7-9-17)10-11-21-20(26)22-12-13-24-19(25)14-16-4-2-3-5-18(16)23-24/h6-9,14H,2-5,10-13H2,1H3,(H2,21,22,26). The van der Waals surface area contributed by atoms with Gasteiger partial charge in [0, 0.05) is 19.2 Å². The summed E-state index contributed by atoms with van der Waals surface area (Å²) in [6.07, 6.45) is 4.84. The van der Waals surface area contributed by atoms with Crippen molar-refractivity contribution >= 4 is 6.03 Å². The second-order valence-electron chi connectivity index (χ2n) is 6.67. The molecule has 0 saturated heterocycles. The monoisotopic (exact) mass is 370 g/mol. The van der Waals surface area contributed by atoms with E-state index in [0.29, 0.717) is 19.6 Å². The topological polar surface area (TPSA) is 85.2 Å². The lowest BCUT2D eigenvalue weighted by Gasteiger charge is -2.16. The first kappa shape index (κ1) is 18.9. The molecule has 1 heterocycles. The van der Waals surface area contributed by atoms with Crippen LogP contribution in [0.1, 0.15) is 29.7 Å². The van der Waals surface area contributed by atoms with Crippen molar-refractivity contribution in [1.29, 1.82) is 0 Å². The fourth-order valence-electron chi connectivity index (χ4n) is 3.21. The minimum atomic E-state index is -0.241. The second-order valence-corrected chi connectivity index (χ2v) is 6.67. The molecule has 0 saturated carbocycles. The van der Waals surface area contributed by atoms with Gasteiger partial charge in [-0.15, -0.1) is 0 Å². The zero-order valence-corrected chi connectivity index (χ0v) is 15.7. The number of urea groups is 1. The van der Waals surface area contributed by atoms with Crippen molar-refractivity contribution in [2.45, 2.75) is 38.6 Å². The van der Waals surface area contributed by atoms with Gasteiger partial charge >= 0.3 is 6.03 Å². The van der Waals surface area contributed by atoms with Crippen LogP contribution in [0.25, 0.3) is 0 Å². The highest BCUT2D eigenvalue weighted by atomic mass is 16.5. The summed E-state index contributed by atoms with van der Waals surface area (Å²) < 4.78 is 6.57. The Balaban J connectivity index is 1.40. The van der Waals surface area contributed by atoms with E-state index in [1.54, 1.807) is 13.2 Å². The molecule has 1 aromatic carbocycles. The summed E-state index contributed by atoms with van der Waals surface area (Å²) in [4.78, 5) is 24.0. The largest absolute Gasteiger partial charge is 0.497 e. The van der Waals surface area contributed by atoms with E-state index in [1.807, 2.05) is 24.3 Å². The van der Waals surface area contributed by atoms with Crippen LogP contribution >= 0.6 is 0 Å². The molecule has 1 aromatic heterocycles. The fraction of sp³-hybridized carbons (Fsp3) is 0.450. The van der Waals surface area contributed by atoms with Gasteiger partial charge in [-0.05, 0) is 55.4 Å². The maximum Gasteiger partial charge on any atom is 0.314 e. The lowest BCUT2D eigenvalue weighted by Crippen LogP contribution is -2.39. The van der Waals surface area contributed by atoms with Gasteiger partial charge in [-0.1, -0.05) is 12.1 Å². The minimum Gasteiger partial charge on any atom is -0.497 e. The first-order valence-corrected chi connectivity index (χ1v) is 9.40. The number of amides is 2. The lowest BCUT2D eigenvalue weighted by molar-refractivity contribution is 0.240. The molecule has 0 bridgehead atoms. The molecule has 7 heteroatoms. The van der Waals surface area contributed by atoms with Crippen molar-refractivity contribution in [2.24, 2.45) is 0 Å². The molecule has 144 valence electrons. The Bertz CT molecular complexity index is 830. The summed E-state index contributed by atoms with van der Waals surface area (Å²) in [5.41, 5.74) is 3.12. The Hall–Kier alpha value is -2.83. The molecule has 0 unspecified atom stereocenters. The number of hydrogen-bond acceptors (Lipinski definition) is 4. The Labute approximate surface area is 158 Å². The van der Waals surface area contributed by atoms with Crippen LogP contribution in [-0.4, -0.2) is 36.0 Å². The number of carbonyl (C=O) groups excluding carboxylic acids is 1. The highest BCUT2D eigenvalue weighted by Gasteiger charge is 2.13. The summed E-state index contributed by atoms with van der Waals surface area (Å²) in [7, 11) is 1.63. The molecule has 3 rings (SSSR count). The van der Waals surface area contributed by atoms with Gasteiger partial charge in [0.15, 0.2) is 0 Å². The van der Waals surface area contributed by atoms with Crippen LogP contribution < -0.4 is 20.9 Å². The van der Waals surface area contributed by atoms with Crippen LogP contribution in [-0.2, 0) is 25.8 Å². The summed E-state index contributed by atoms with van der Waals surface area (Å²) in [5.74, 6) is 0.815. The Morgan fingerprint density at radius 3 is 2.67 bits per heavy atom. The van der Waals surface area contributed by atoms with Gasteiger partial charge in [-0.25, -0.2) is 9.48 Å². The van der Waals surface area contributed by atoms with Crippen molar-refractivity contribution < 1.29 is 9.53 Å². The molecule has 2 amide bonds. The van der Waals surface area contributed by atoms with Gasteiger partial charge in [-0.2, -0.15) is 5.10 Å². The zero-order chi connectivity index (χ0) is 19.1. The van der Waals surface area contributed by atoms with Crippen molar-refractivity contribution in [3.8, 4) is 5.75 Å². The van der Waals surface area contributed by atoms with E-state index >= 15 is 0 Å². The number of aryl methyl sites for hydroxylation is 2. The summed E-state index contributed by atoms with van der Waals surface area (Å²) >= 11 is 0. The van der Waals surface area contributed by atoms with Gasteiger partial charge in [-0.3, -0.25) is 4.79 Å². The molecule has 2 aromatic rings. The van der Waals surface area contributed by atoms with Crippen molar-refractivity contribution in [3.63, 3.8) is 0 Å². The molecule has 1 aliphatic rings. The molecule has 2 N–H and O–H groups in total. The maximum absolute atomic E-state index is 12.1. The Morgan fingerprint density at radius 2 is 1.89 bits per heavy atom. The average Bonchev–Trinajstić information content (AvgIpc) is 2.69. The normalized spacial score (nSPS) is 12.9. The van der Waals surface area contributed by atoms with E-state index in [-0.39, 0.29) is 11.6 Å². The average molecular weight is 370 g/mol. The lowest BCUT2D eigenvalue weighted by atomic mass is 9.97. The number of nitrogens with zero attached hydrogens (tertiary/aromatic N) is 2. The van der Waals surface area contributed by atoms with Crippen LogP contribution in [0.3, 0.4) is 0 Å². The molecule has 0 atom stereocenters. The van der Waals surface area contributed by atoms with E-state index < -0.39 is 0 Å². The zero-order valence-electron chi connectivity index (χ0n) is 15.7. The van der Waals surface area contributed by atoms with Gasteiger partial charge in [0.05, 0.1) is 19.3 Å². The second kappa shape index (κ2) is 9.21. The third-order valence-electron chi connectivity index (χ3n) is 4.74. The molecule has 0 fully saturated rings. The molecular formula is C20H26N4O3. The van der Waals surface area contributed by atoms with Crippen molar-refractivity contribution in [3.05, 3.63) is 57.5 Å². The quantitative estimate of drug-likeness (QED) is 0.776. The first-order chi connectivity index (χ1) is 13.2. The summed E-state index contributed by atoms with van der Waals surface area (Å²) in [6.45, 7) is 1.27.